The van der Waals surface area contributed by atoms with E-state index in [2.05, 4.69) is 10.4 Å². The number of amides is 2. The van der Waals surface area contributed by atoms with E-state index in [4.69, 9.17) is 0 Å². The predicted octanol–water partition coefficient (Wildman–Crippen LogP) is 3.81. The molecule has 1 spiro atoms. The first-order chi connectivity index (χ1) is 14.3. The largest absolute Gasteiger partial charge is 0.311 e. The van der Waals surface area contributed by atoms with E-state index in [0.29, 0.717) is 12.4 Å². The predicted molar refractivity (Wildman–Crippen MR) is 115 cm³/mol. The van der Waals surface area contributed by atoms with Gasteiger partial charge in [-0.25, -0.2) is 4.68 Å². The Morgan fingerprint density at radius 1 is 1.00 bits per heavy atom. The van der Waals surface area contributed by atoms with E-state index in [-0.39, 0.29) is 23.8 Å². The Hall–Kier alpha value is -3.41. The highest BCUT2D eigenvalue weighted by Crippen LogP contribution is 2.52. The third-order valence-corrected chi connectivity index (χ3v) is 6.00. The van der Waals surface area contributed by atoms with Crippen molar-refractivity contribution in [2.45, 2.75) is 44.7 Å². The Kier molecular flexibility index (Phi) is 3.90. The van der Waals surface area contributed by atoms with Gasteiger partial charge in [0.2, 0.25) is 11.8 Å². The second-order valence-electron chi connectivity index (χ2n) is 9.01. The zero-order valence-electron chi connectivity index (χ0n) is 17.3. The van der Waals surface area contributed by atoms with E-state index in [9.17, 15) is 9.59 Å². The second kappa shape index (κ2) is 6.29. The Morgan fingerprint density at radius 3 is 2.43 bits per heavy atom. The molecule has 0 saturated heterocycles. The molecule has 6 heteroatoms. The summed E-state index contributed by atoms with van der Waals surface area (Å²) in [6.07, 6.45) is 1.83. The minimum Gasteiger partial charge on any atom is -0.311 e. The van der Waals surface area contributed by atoms with Gasteiger partial charge in [0.25, 0.3) is 0 Å². The van der Waals surface area contributed by atoms with Crippen molar-refractivity contribution >= 4 is 23.3 Å². The molecule has 0 radical (unpaired) electrons. The van der Waals surface area contributed by atoms with E-state index in [1.54, 1.807) is 10.9 Å². The van der Waals surface area contributed by atoms with Gasteiger partial charge in [-0.2, -0.15) is 5.10 Å². The number of hydrogen-bond acceptors (Lipinski definition) is 3. The van der Waals surface area contributed by atoms with Crippen molar-refractivity contribution in [1.29, 1.82) is 0 Å². The fraction of sp³-hybridized carbons (Fsp3) is 0.292. The van der Waals surface area contributed by atoms with Gasteiger partial charge in [0.05, 0.1) is 18.3 Å². The van der Waals surface area contributed by atoms with Crippen LogP contribution in [0.15, 0.2) is 60.8 Å². The highest BCUT2D eigenvalue weighted by Gasteiger charge is 2.57. The maximum atomic E-state index is 14.0. The molecule has 5 rings (SSSR count). The molecule has 3 heterocycles. The Labute approximate surface area is 175 Å². The standard InChI is InChI=1S/C24H24N4O2/c1-23(2,3)28-21-18(14-25-28)24(13-20(29)26-21)17-11-7-8-12-19(17)27(22(24)30)15-16-9-5-4-6-10-16/h4-12,14H,13,15H2,1-3H3,(H,26,29)/t24-/m1/s1. The van der Waals surface area contributed by atoms with Crippen molar-refractivity contribution < 1.29 is 9.59 Å². The van der Waals surface area contributed by atoms with Crippen molar-refractivity contribution in [3.8, 4) is 0 Å². The Bertz CT molecular complexity index is 1160. The zero-order valence-corrected chi connectivity index (χ0v) is 17.3. The minimum absolute atomic E-state index is 0.0721. The summed E-state index contributed by atoms with van der Waals surface area (Å²) >= 11 is 0. The number of carbonyl (C=O) groups excluding carboxylic acids is 2. The number of nitrogens with zero attached hydrogens (tertiary/aromatic N) is 3. The molecule has 3 aromatic rings. The van der Waals surface area contributed by atoms with E-state index in [1.165, 1.54) is 0 Å². The van der Waals surface area contributed by atoms with E-state index >= 15 is 0 Å². The fourth-order valence-electron chi connectivity index (χ4n) is 4.68. The van der Waals surface area contributed by atoms with Crippen LogP contribution in [0.5, 0.6) is 0 Å². The highest BCUT2D eigenvalue weighted by atomic mass is 16.2. The van der Waals surface area contributed by atoms with E-state index < -0.39 is 5.41 Å². The maximum absolute atomic E-state index is 14.0. The summed E-state index contributed by atoms with van der Waals surface area (Å²) < 4.78 is 1.80. The molecule has 2 aliphatic rings. The first-order valence-corrected chi connectivity index (χ1v) is 10.2. The molecule has 152 valence electrons. The molecule has 2 aromatic carbocycles. The third-order valence-electron chi connectivity index (χ3n) is 6.00. The molecule has 0 unspecified atom stereocenters. The highest BCUT2D eigenvalue weighted by molar-refractivity contribution is 6.15. The molecular formula is C24H24N4O2. The van der Waals surface area contributed by atoms with Crippen LogP contribution in [0.4, 0.5) is 11.5 Å². The van der Waals surface area contributed by atoms with Gasteiger partial charge in [0.1, 0.15) is 11.2 Å². The van der Waals surface area contributed by atoms with Gasteiger partial charge in [0, 0.05) is 17.7 Å². The number of nitrogens with one attached hydrogen (secondary N) is 1. The lowest BCUT2D eigenvalue weighted by atomic mass is 9.71. The molecule has 6 nitrogen and oxygen atoms in total. The molecule has 2 aliphatic heterocycles. The molecule has 1 aromatic heterocycles. The normalized spacial score (nSPS) is 20.3. The second-order valence-corrected chi connectivity index (χ2v) is 9.01. The first kappa shape index (κ1) is 18.6. The number of rotatable bonds is 2. The average molecular weight is 400 g/mol. The van der Waals surface area contributed by atoms with Crippen LogP contribution in [0.25, 0.3) is 0 Å². The Balaban J connectivity index is 1.71. The number of anilines is 2. The lowest BCUT2D eigenvalue weighted by Crippen LogP contribution is -2.46. The van der Waals surface area contributed by atoms with Crippen LogP contribution in [0.3, 0.4) is 0 Å². The van der Waals surface area contributed by atoms with Crippen LogP contribution in [0, 0.1) is 0 Å². The summed E-state index contributed by atoms with van der Waals surface area (Å²) in [5, 5.41) is 7.54. The molecular weight excluding hydrogens is 376 g/mol. The van der Waals surface area contributed by atoms with Crippen LogP contribution < -0.4 is 10.2 Å². The van der Waals surface area contributed by atoms with Crippen LogP contribution >= 0.6 is 0 Å². The number of fused-ring (bicyclic) bond motifs is 4. The minimum atomic E-state index is -1.05. The molecule has 0 fully saturated rings. The number of benzene rings is 2. The first-order valence-electron chi connectivity index (χ1n) is 10.2. The SMILES string of the molecule is CC(C)(C)n1ncc2c1NC(=O)C[C@]21C(=O)N(Cc2ccccc2)c2ccccc21. The van der Waals surface area contributed by atoms with Gasteiger partial charge in [-0.05, 0) is 38.0 Å². The van der Waals surface area contributed by atoms with Gasteiger partial charge in [-0.15, -0.1) is 0 Å². The number of carbonyl (C=O) groups is 2. The molecule has 1 atom stereocenters. The summed E-state index contributed by atoms with van der Waals surface area (Å²) in [5.41, 5.74) is 2.16. The summed E-state index contributed by atoms with van der Waals surface area (Å²) in [6, 6.07) is 17.7. The summed E-state index contributed by atoms with van der Waals surface area (Å²) in [7, 11) is 0. The molecule has 0 bridgehead atoms. The average Bonchev–Trinajstić information content (AvgIpc) is 3.24. The lowest BCUT2D eigenvalue weighted by Gasteiger charge is -2.34. The lowest BCUT2D eigenvalue weighted by molar-refractivity contribution is -0.126. The van der Waals surface area contributed by atoms with Crippen LogP contribution in [-0.2, 0) is 27.1 Å². The summed E-state index contributed by atoms with van der Waals surface area (Å²) in [6.45, 7) is 6.54. The quantitative estimate of drug-likeness (QED) is 0.711. The van der Waals surface area contributed by atoms with Gasteiger partial charge >= 0.3 is 0 Å². The van der Waals surface area contributed by atoms with Gasteiger partial charge in [-0.1, -0.05) is 48.5 Å². The third kappa shape index (κ3) is 2.53. The molecule has 0 aliphatic carbocycles. The summed E-state index contributed by atoms with van der Waals surface area (Å²) in [4.78, 5) is 28.7. The van der Waals surface area contributed by atoms with E-state index in [1.807, 2.05) is 80.3 Å². The van der Waals surface area contributed by atoms with Crippen LogP contribution in [-0.4, -0.2) is 21.6 Å². The summed E-state index contributed by atoms with van der Waals surface area (Å²) in [5.74, 6) is 0.374. The molecule has 1 N–H and O–H groups in total. The van der Waals surface area contributed by atoms with Crippen LogP contribution in [0.2, 0.25) is 0 Å². The van der Waals surface area contributed by atoms with Gasteiger partial charge < -0.3 is 10.2 Å². The zero-order chi connectivity index (χ0) is 21.1. The molecule has 2 amide bonds. The van der Waals surface area contributed by atoms with Crippen molar-refractivity contribution in [1.82, 2.24) is 9.78 Å². The van der Waals surface area contributed by atoms with Gasteiger partial charge in [0.15, 0.2) is 0 Å². The maximum Gasteiger partial charge on any atom is 0.243 e. The van der Waals surface area contributed by atoms with Gasteiger partial charge in [-0.3, -0.25) is 9.59 Å². The topological polar surface area (TPSA) is 67.2 Å². The van der Waals surface area contributed by atoms with Crippen molar-refractivity contribution in [2.75, 3.05) is 10.2 Å². The van der Waals surface area contributed by atoms with Crippen molar-refractivity contribution in [2.24, 2.45) is 0 Å². The fourth-order valence-corrected chi connectivity index (χ4v) is 4.68. The number of aromatic nitrogens is 2. The smallest absolute Gasteiger partial charge is 0.243 e. The van der Waals surface area contributed by atoms with Crippen LogP contribution in [0.1, 0.15) is 43.9 Å². The van der Waals surface area contributed by atoms with Crippen molar-refractivity contribution in [3.05, 3.63) is 77.5 Å². The monoisotopic (exact) mass is 400 g/mol. The Morgan fingerprint density at radius 2 is 1.70 bits per heavy atom. The number of hydrogen-bond donors (Lipinski definition) is 1. The molecule has 0 saturated carbocycles. The van der Waals surface area contributed by atoms with Crippen molar-refractivity contribution in [3.63, 3.8) is 0 Å². The molecule has 30 heavy (non-hydrogen) atoms. The number of para-hydroxylation sites is 1. The van der Waals surface area contributed by atoms with E-state index in [0.717, 1.165) is 22.4 Å².